The molecule has 0 radical (unpaired) electrons. The molecule has 0 saturated carbocycles. The summed E-state index contributed by atoms with van der Waals surface area (Å²) in [5.74, 6) is 1.74. The fourth-order valence-electron chi connectivity index (χ4n) is 1.38. The molecular weight excluding hydrogens is 232 g/mol. The van der Waals surface area contributed by atoms with E-state index in [0.29, 0.717) is 24.5 Å². The Morgan fingerprint density at radius 1 is 1.22 bits per heavy atom. The summed E-state index contributed by atoms with van der Waals surface area (Å²) in [5, 5.41) is 6.27. The van der Waals surface area contributed by atoms with Crippen LogP contribution in [0.2, 0.25) is 0 Å². The molecule has 0 aliphatic rings. The Morgan fingerprint density at radius 3 is 2.44 bits per heavy atom. The molecule has 102 valence electrons. The van der Waals surface area contributed by atoms with Gasteiger partial charge >= 0.3 is 0 Å². The number of aromatic nitrogens is 3. The Hall–Kier alpha value is -1.63. The highest BCUT2D eigenvalue weighted by Gasteiger charge is 2.09. The van der Waals surface area contributed by atoms with Gasteiger partial charge < -0.3 is 20.3 Å². The normalized spacial score (nSPS) is 12.1. The van der Waals surface area contributed by atoms with Gasteiger partial charge in [-0.1, -0.05) is 0 Å². The highest BCUT2D eigenvalue weighted by atomic mass is 16.5. The van der Waals surface area contributed by atoms with Crippen LogP contribution in [-0.2, 0) is 4.74 Å². The van der Waals surface area contributed by atoms with Crippen molar-refractivity contribution in [3.63, 3.8) is 0 Å². The summed E-state index contributed by atoms with van der Waals surface area (Å²) in [5.41, 5.74) is 0. The van der Waals surface area contributed by atoms with Crippen molar-refractivity contribution < 1.29 is 4.74 Å². The first-order valence-electron chi connectivity index (χ1n) is 5.99. The molecule has 0 aliphatic carbocycles. The zero-order valence-corrected chi connectivity index (χ0v) is 11.7. The molecule has 1 aromatic heterocycles. The van der Waals surface area contributed by atoms with Gasteiger partial charge in [-0.25, -0.2) is 0 Å². The van der Waals surface area contributed by atoms with Crippen LogP contribution in [0.15, 0.2) is 0 Å². The first kappa shape index (κ1) is 14.4. The Labute approximate surface area is 108 Å². The summed E-state index contributed by atoms with van der Waals surface area (Å²) in [6, 6.07) is 0.141. The Morgan fingerprint density at radius 2 is 1.89 bits per heavy atom. The van der Waals surface area contributed by atoms with Crippen molar-refractivity contribution in [1.29, 1.82) is 0 Å². The summed E-state index contributed by atoms with van der Waals surface area (Å²) in [4.78, 5) is 14.8. The molecule has 2 N–H and O–H groups in total. The lowest BCUT2D eigenvalue weighted by Gasteiger charge is -2.16. The lowest BCUT2D eigenvalue weighted by molar-refractivity contribution is 0.190. The molecule has 18 heavy (non-hydrogen) atoms. The second kappa shape index (κ2) is 6.95. The van der Waals surface area contributed by atoms with Crippen molar-refractivity contribution in [3.05, 3.63) is 0 Å². The number of nitrogens with zero attached hydrogens (tertiary/aromatic N) is 4. The smallest absolute Gasteiger partial charge is 0.231 e. The maximum absolute atomic E-state index is 5.07. The average Bonchev–Trinajstić information content (AvgIpc) is 2.29. The number of methoxy groups -OCH3 is 1. The van der Waals surface area contributed by atoms with E-state index in [1.807, 2.05) is 32.8 Å². The number of anilines is 3. The van der Waals surface area contributed by atoms with Crippen LogP contribution in [-0.4, -0.2) is 55.4 Å². The van der Waals surface area contributed by atoms with E-state index in [0.717, 1.165) is 6.54 Å². The quantitative estimate of drug-likeness (QED) is 0.746. The molecule has 0 aromatic carbocycles. The molecule has 1 unspecified atom stereocenters. The molecule has 0 aliphatic heterocycles. The molecule has 0 amide bonds. The molecule has 1 rings (SSSR count). The fourth-order valence-corrected chi connectivity index (χ4v) is 1.38. The van der Waals surface area contributed by atoms with Crippen molar-refractivity contribution in [2.24, 2.45) is 0 Å². The van der Waals surface area contributed by atoms with Crippen LogP contribution < -0.4 is 15.5 Å². The number of hydrogen-bond donors (Lipinski definition) is 2. The van der Waals surface area contributed by atoms with Gasteiger partial charge in [0.05, 0.1) is 6.61 Å². The van der Waals surface area contributed by atoms with Gasteiger partial charge in [0.2, 0.25) is 17.8 Å². The summed E-state index contributed by atoms with van der Waals surface area (Å²) in [6.45, 7) is 5.37. The summed E-state index contributed by atoms with van der Waals surface area (Å²) in [6.07, 6.45) is 0. The molecule has 1 atom stereocenters. The topological polar surface area (TPSA) is 75.2 Å². The van der Waals surface area contributed by atoms with Gasteiger partial charge in [0.25, 0.3) is 0 Å². The van der Waals surface area contributed by atoms with Gasteiger partial charge in [-0.2, -0.15) is 15.0 Å². The van der Waals surface area contributed by atoms with Crippen LogP contribution in [0.5, 0.6) is 0 Å². The van der Waals surface area contributed by atoms with Crippen LogP contribution in [0.4, 0.5) is 17.8 Å². The van der Waals surface area contributed by atoms with E-state index in [-0.39, 0.29) is 6.04 Å². The number of ether oxygens (including phenoxy) is 1. The predicted octanol–water partition coefficient (Wildman–Crippen LogP) is 0.816. The predicted molar refractivity (Wildman–Crippen MR) is 73.3 cm³/mol. The van der Waals surface area contributed by atoms with Crippen LogP contribution in [0.3, 0.4) is 0 Å². The van der Waals surface area contributed by atoms with Crippen LogP contribution in [0, 0.1) is 0 Å². The molecular formula is C11H22N6O. The third-order valence-electron chi connectivity index (χ3n) is 2.15. The van der Waals surface area contributed by atoms with Gasteiger partial charge in [-0.3, -0.25) is 0 Å². The second-order valence-electron chi connectivity index (χ2n) is 4.21. The molecule has 1 aromatic rings. The van der Waals surface area contributed by atoms with E-state index < -0.39 is 0 Å². The van der Waals surface area contributed by atoms with E-state index in [1.54, 1.807) is 7.11 Å². The van der Waals surface area contributed by atoms with Crippen LogP contribution in [0.1, 0.15) is 13.8 Å². The second-order valence-corrected chi connectivity index (χ2v) is 4.21. The fraction of sp³-hybridized carbons (Fsp3) is 0.727. The largest absolute Gasteiger partial charge is 0.383 e. The molecule has 1 heterocycles. The van der Waals surface area contributed by atoms with E-state index in [4.69, 9.17) is 4.74 Å². The SMILES string of the molecule is CCNc1nc(NC(C)COC)nc(N(C)C)n1. The molecule has 0 spiro atoms. The van der Waals surface area contributed by atoms with Crippen molar-refractivity contribution >= 4 is 17.8 Å². The zero-order valence-electron chi connectivity index (χ0n) is 11.7. The molecule has 7 heteroatoms. The number of hydrogen-bond acceptors (Lipinski definition) is 7. The first-order chi connectivity index (χ1) is 8.56. The van der Waals surface area contributed by atoms with Gasteiger partial charge in [0, 0.05) is 33.8 Å². The third kappa shape index (κ3) is 4.33. The van der Waals surface area contributed by atoms with Gasteiger partial charge in [-0.15, -0.1) is 0 Å². The van der Waals surface area contributed by atoms with E-state index >= 15 is 0 Å². The molecule has 0 fully saturated rings. The monoisotopic (exact) mass is 254 g/mol. The van der Waals surface area contributed by atoms with E-state index in [2.05, 4.69) is 25.6 Å². The van der Waals surface area contributed by atoms with Crippen molar-refractivity contribution in [2.75, 3.05) is 49.9 Å². The maximum Gasteiger partial charge on any atom is 0.231 e. The van der Waals surface area contributed by atoms with Gasteiger partial charge in [0.15, 0.2) is 0 Å². The highest BCUT2D eigenvalue weighted by Crippen LogP contribution is 2.12. The number of rotatable bonds is 7. The molecule has 0 saturated heterocycles. The first-order valence-corrected chi connectivity index (χ1v) is 5.99. The minimum absolute atomic E-state index is 0.141. The molecule has 0 bridgehead atoms. The Balaban J connectivity index is 2.88. The van der Waals surface area contributed by atoms with Gasteiger partial charge in [0.1, 0.15) is 0 Å². The van der Waals surface area contributed by atoms with Crippen molar-refractivity contribution in [1.82, 2.24) is 15.0 Å². The van der Waals surface area contributed by atoms with Crippen LogP contribution >= 0.6 is 0 Å². The van der Waals surface area contributed by atoms with Crippen molar-refractivity contribution in [2.45, 2.75) is 19.9 Å². The maximum atomic E-state index is 5.07. The summed E-state index contributed by atoms with van der Waals surface area (Å²) in [7, 11) is 5.46. The van der Waals surface area contributed by atoms with E-state index in [1.165, 1.54) is 0 Å². The molecule has 7 nitrogen and oxygen atoms in total. The lowest BCUT2D eigenvalue weighted by atomic mass is 10.4. The lowest BCUT2D eigenvalue weighted by Crippen LogP contribution is -2.24. The highest BCUT2D eigenvalue weighted by molar-refractivity contribution is 5.43. The summed E-state index contributed by atoms with van der Waals surface area (Å²) < 4.78 is 5.07. The Kier molecular flexibility index (Phi) is 5.57. The van der Waals surface area contributed by atoms with E-state index in [9.17, 15) is 0 Å². The minimum Gasteiger partial charge on any atom is -0.383 e. The standard InChI is InChI=1S/C11H22N6O/c1-6-12-9-14-10(13-8(2)7-18-5)16-11(15-9)17(3)4/h8H,6-7H2,1-5H3,(H2,12,13,14,15,16). The zero-order chi connectivity index (χ0) is 13.5. The van der Waals surface area contributed by atoms with Gasteiger partial charge in [-0.05, 0) is 13.8 Å². The van der Waals surface area contributed by atoms with Crippen molar-refractivity contribution in [3.8, 4) is 0 Å². The third-order valence-corrected chi connectivity index (χ3v) is 2.15. The Bertz CT molecular complexity index is 371. The van der Waals surface area contributed by atoms with Crippen LogP contribution in [0.25, 0.3) is 0 Å². The minimum atomic E-state index is 0.141. The number of nitrogens with one attached hydrogen (secondary N) is 2. The summed E-state index contributed by atoms with van der Waals surface area (Å²) >= 11 is 0. The average molecular weight is 254 g/mol.